The molecule has 1 aliphatic carbocycles. The van der Waals surface area contributed by atoms with Gasteiger partial charge < -0.3 is 5.32 Å². The predicted octanol–water partition coefficient (Wildman–Crippen LogP) is 3.23. The number of hydrogen-bond acceptors (Lipinski definition) is 3. The smallest absolute Gasteiger partial charge is 0.262 e. The van der Waals surface area contributed by atoms with Gasteiger partial charge in [-0.2, -0.15) is 5.10 Å². The van der Waals surface area contributed by atoms with Crippen LogP contribution in [0.15, 0.2) is 36.7 Å². The average Bonchev–Trinajstić information content (AvgIpc) is 3.31. The van der Waals surface area contributed by atoms with Crippen LogP contribution < -0.4 is 10.2 Å². The molecular formula is C18H22N4O2. The van der Waals surface area contributed by atoms with Crippen LogP contribution in [0.2, 0.25) is 0 Å². The van der Waals surface area contributed by atoms with Gasteiger partial charge in [0.15, 0.2) is 0 Å². The van der Waals surface area contributed by atoms with Crippen LogP contribution in [0.1, 0.15) is 49.5 Å². The van der Waals surface area contributed by atoms with E-state index in [4.69, 9.17) is 0 Å². The molecular weight excluding hydrogens is 304 g/mol. The minimum Gasteiger partial charge on any atom is -0.323 e. The predicted molar refractivity (Wildman–Crippen MR) is 93.2 cm³/mol. The van der Waals surface area contributed by atoms with E-state index in [2.05, 4.69) is 24.3 Å². The zero-order chi connectivity index (χ0) is 17.1. The number of anilines is 2. The molecule has 0 atom stereocenters. The molecule has 0 saturated heterocycles. The first-order chi connectivity index (χ1) is 11.6. The lowest BCUT2D eigenvalue weighted by Crippen LogP contribution is -2.42. The SMILES string of the molecule is CCC.O=C1CN(C(=O)c2cnn(C3CC3)c2)c2ccccc2N1. The number of amides is 2. The summed E-state index contributed by atoms with van der Waals surface area (Å²) in [5.41, 5.74) is 1.91. The molecule has 2 amide bonds. The van der Waals surface area contributed by atoms with E-state index in [0.717, 1.165) is 18.5 Å². The second kappa shape index (κ2) is 6.86. The molecule has 6 heteroatoms. The summed E-state index contributed by atoms with van der Waals surface area (Å²) in [6, 6.07) is 7.74. The second-order valence-electron chi connectivity index (χ2n) is 6.10. The number of fused-ring (bicyclic) bond motifs is 1. The highest BCUT2D eigenvalue weighted by molar-refractivity contribution is 6.14. The topological polar surface area (TPSA) is 67.2 Å². The van der Waals surface area contributed by atoms with Crippen LogP contribution in [0.5, 0.6) is 0 Å². The van der Waals surface area contributed by atoms with Crippen LogP contribution in [0.25, 0.3) is 0 Å². The quantitative estimate of drug-likeness (QED) is 0.921. The third kappa shape index (κ3) is 3.32. The van der Waals surface area contributed by atoms with Crippen LogP contribution in [-0.2, 0) is 4.79 Å². The largest absolute Gasteiger partial charge is 0.323 e. The highest BCUT2D eigenvalue weighted by Crippen LogP contribution is 2.34. The highest BCUT2D eigenvalue weighted by Gasteiger charge is 2.30. The van der Waals surface area contributed by atoms with Crippen molar-refractivity contribution >= 4 is 23.2 Å². The Bertz CT molecular complexity index is 749. The number of nitrogens with zero attached hydrogens (tertiary/aromatic N) is 3. The molecule has 2 aromatic rings. The number of rotatable bonds is 2. The van der Waals surface area contributed by atoms with Crippen molar-refractivity contribution in [3.05, 3.63) is 42.2 Å². The first-order valence-corrected chi connectivity index (χ1v) is 8.39. The number of carbonyl (C=O) groups is 2. The second-order valence-corrected chi connectivity index (χ2v) is 6.10. The van der Waals surface area contributed by atoms with Crippen LogP contribution in [0, 0.1) is 0 Å². The van der Waals surface area contributed by atoms with Gasteiger partial charge in [0.25, 0.3) is 5.91 Å². The van der Waals surface area contributed by atoms with Gasteiger partial charge in [0.05, 0.1) is 29.2 Å². The molecule has 1 aromatic carbocycles. The fourth-order valence-corrected chi connectivity index (χ4v) is 2.56. The lowest BCUT2D eigenvalue weighted by Gasteiger charge is -2.28. The molecule has 0 unspecified atom stereocenters. The Labute approximate surface area is 141 Å². The highest BCUT2D eigenvalue weighted by atomic mass is 16.2. The first kappa shape index (κ1) is 16.2. The lowest BCUT2D eigenvalue weighted by atomic mass is 10.1. The van der Waals surface area contributed by atoms with E-state index in [1.165, 1.54) is 11.3 Å². The summed E-state index contributed by atoms with van der Waals surface area (Å²) >= 11 is 0. The minimum atomic E-state index is -0.191. The molecule has 1 aliphatic heterocycles. The van der Waals surface area contributed by atoms with E-state index in [1.54, 1.807) is 18.5 Å². The molecule has 4 rings (SSSR count). The summed E-state index contributed by atoms with van der Waals surface area (Å²) in [5, 5.41) is 7.01. The fraction of sp³-hybridized carbons (Fsp3) is 0.389. The molecule has 1 saturated carbocycles. The van der Waals surface area contributed by atoms with Crippen molar-refractivity contribution in [3.63, 3.8) is 0 Å². The van der Waals surface area contributed by atoms with Gasteiger partial charge in [-0.05, 0) is 25.0 Å². The van der Waals surface area contributed by atoms with Crippen molar-refractivity contribution in [2.75, 3.05) is 16.8 Å². The molecule has 2 aliphatic rings. The van der Waals surface area contributed by atoms with Crippen molar-refractivity contribution in [1.29, 1.82) is 0 Å². The van der Waals surface area contributed by atoms with Gasteiger partial charge in [-0.1, -0.05) is 32.4 Å². The van der Waals surface area contributed by atoms with Crippen LogP contribution in [0.4, 0.5) is 11.4 Å². The molecule has 0 bridgehead atoms. The summed E-state index contributed by atoms with van der Waals surface area (Å²) in [6.45, 7) is 4.28. The zero-order valence-electron chi connectivity index (χ0n) is 14.0. The monoisotopic (exact) mass is 326 g/mol. The van der Waals surface area contributed by atoms with Gasteiger partial charge in [0, 0.05) is 6.20 Å². The molecule has 6 nitrogen and oxygen atoms in total. The molecule has 126 valence electrons. The molecule has 2 heterocycles. The van der Waals surface area contributed by atoms with Crippen LogP contribution >= 0.6 is 0 Å². The third-order valence-electron chi connectivity index (χ3n) is 3.79. The zero-order valence-corrected chi connectivity index (χ0v) is 14.0. The Kier molecular flexibility index (Phi) is 4.64. The Morgan fingerprint density at radius 1 is 1.29 bits per heavy atom. The van der Waals surface area contributed by atoms with Gasteiger partial charge in [-0.15, -0.1) is 0 Å². The van der Waals surface area contributed by atoms with E-state index in [9.17, 15) is 9.59 Å². The fourth-order valence-electron chi connectivity index (χ4n) is 2.56. The molecule has 1 aromatic heterocycles. The van der Waals surface area contributed by atoms with Crippen LogP contribution in [0.3, 0.4) is 0 Å². The summed E-state index contributed by atoms with van der Waals surface area (Å²) < 4.78 is 1.84. The van der Waals surface area contributed by atoms with Crippen LogP contribution in [-0.4, -0.2) is 28.1 Å². The molecule has 0 spiro atoms. The normalized spacial score (nSPS) is 15.9. The Morgan fingerprint density at radius 2 is 2.00 bits per heavy atom. The van der Waals surface area contributed by atoms with Crippen molar-refractivity contribution < 1.29 is 9.59 Å². The Morgan fingerprint density at radius 3 is 2.71 bits per heavy atom. The van der Waals surface area contributed by atoms with Crippen molar-refractivity contribution in [2.24, 2.45) is 0 Å². The van der Waals surface area contributed by atoms with E-state index in [-0.39, 0.29) is 18.4 Å². The van der Waals surface area contributed by atoms with E-state index in [1.807, 2.05) is 22.9 Å². The van der Waals surface area contributed by atoms with Gasteiger partial charge in [-0.25, -0.2) is 0 Å². The molecule has 24 heavy (non-hydrogen) atoms. The number of benzene rings is 1. The number of nitrogens with one attached hydrogen (secondary N) is 1. The summed E-state index contributed by atoms with van der Waals surface area (Å²) in [6.07, 6.45) is 6.83. The maximum Gasteiger partial charge on any atom is 0.262 e. The third-order valence-corrected chi connectivity index (χ3v) is 3.79. The standard InChI is InChI=1S/C15H14N4O2.C3H8/c20-14-9-18(13-4-2-1-3-12(13)17-14)15(21)10-7-16-19(8-10)11-5-6-11;1-3-2/h1-4,7-8,11H,5-6,9H2,(H,17,20);3H2,1-2H3. The molecule has 1 fully saturated rings. The van der Waals surface area contributed by atoms with Gasteiger partial charge in [0.2, 0.25) is 5.91 Å². The average molecular weight is 326 g/mol. The van der Waals surface area contributed by atoms with E-state index in [0.29, 0.717) is 17.3 Å². The Hall–Kier alpha value is -2.63. The lowest BCUT2D eigenvalue weighted by molar-refractivity contribution is -0.115. The van der Waals surface area contributed by atoms with Crippen molar-refractivity contribution in [1.82, 2.24) is 9.78 Å². The minimum absolute atomic E-state index is 0.0322. The van der Waals surface area contributed by atoms with Gasteiger partial charge in [-0.3, -0.25) is 19.2 Å². The van der Waals surface area contributed by atoms with Crippen molar-refractivity contribution in [2.45, 2.75) is 39.2 Å². The number of carbonyl (C=O) groups excluding carboxylic acids is 2. The Balaban J connectivity index is 0.000000526. The molecule has 1 N–H and O–H groups in total. The van der Waals surface area contributed by atoms with Gasteiger partial charge >= 0.3 is 0 Å². The number of hydrogen-bond donors (Lipinski definition) is 1. The molecule has 0 radical (unpaired) electrons. The van der Waals surface area contributed by atoms with Crippen molar-refractivity contribution in [3.8, 4) is 0 Å². The maximum atomic E-state index is 12.7. The summed E-state index contributed by atoms with van der Waals surface area (Å²) in [7, 11) is 0. The summed E-state index contributed by atoms with van der Waals surface area (Å²) in [5.74, 6) is -0.374. The number of para-hydroxylation sites is 2. The summed E-state index contributed by atoms with van der Waals surface area (Å²) in [4.78, 5) is 25.9. The van der Waals surface area contributed by atoms with E-state index >= 15 is 0 Å². The van der Waals surface area contributed by atoms with E-state index < -0.39 is 0 Å². The maximum absolute atomic E-state index is 12.7. The van der Waals surface area contributed by atoms with Gasteiger partial charge in [0.1, 0.15) is 6.54 Å². The first-order valence-electron chi connectivity index (χ1n) is 8.39. The number of aromatic nitrogens is 2.